The van der Waals surface area contributed by atoms with Gasteiger partial charge in [-0.25, -0.2) is 0 Å². The maximum absolute atomic E-state index is 5.89. The minimum Gasteiger partial charge on any atom is -0.460 e. The number of rotatable bonds is 6. The lowest BCUT2D eigenvalue weighted by molar-refractivity contribution is 0.0158. The van der Waals surface area contributed by atoms with Crippen LogP contribution in [0.5, 0.6) is 6.01 Å². The molecular weight excluding hydrogens is 232 g/mol. The van der Waals surface area contributed by atoms with Crippen LogP contribution in [-0.4, -0.2) is 46.2 Å². The Balaban J connectivity index is 1.66. The molecule has 0 bridgehead atoms. The molecule has 1 N–H and O–H groups in total. The molecule has 0 radical (unpaired) electrons. The Morgan fingerprint density at radius 1 is 1.50 bits per heavy atom. The molecule has 18 heavy (non-hydrogen) atoms. The predicted molar refractivity (Wildman–Crippen MR) is 67.5 cm³/mol. The molecule has 0 aromatic carbocycles. The Labute approximate surface area is 108 Å². The Morgan fingerprint density at radius 3 is 2.94 bits per heavy atom. The average Bonchev–Trinajstić information content (AvgIpc) is 2.93. The van der Waals surface area contributed by atoms with Gasteiger partial charge in [0.25, 0.3) is 0 Å². The van der Waals surface area contributed by atoms with Crippen LogP contribution in [-0.2, 0) is 11.8 Å². The fourth-order valence-corrected chi connectivity index (χ4v) is 1.97. The van der Waals surface area contributed by atoms with E-state index in [1.54, 1.807) is 11.0 Å². The molecule has 1 aromatic rings. The van der Waals surface area contributed by atoms with Gasteiger partial charge in [-0.1, -0.05) is 13.8 Å². The zero-order valence-electron chi connectivity index (χ0n) is 11.3. The minimum absolute atomic E-state index is 0.160. The number of ether oxygens (including phenoxy) is 2. The molecule has 2 atom stereocenters. The molecule has 1 aliphatic heterocycles. The van der Waals surface area contributed by atoms with E-state index < -0.39 is 0 Å². The highest BCUT2D eigenvalue weighted by Crippen LogP contribution is 2.19. The third-order valence-electron chi connectivity index (χ3n) is 2.93. The number of aromatic nitrogens is 3. The fraction of sp³-hybridized carbons (Fsp3) is 0.833. The first-order valence-electron chi connectivity index (χ1n) is 6.50. The standard InChI is InChI=1S/C12H22N4O2/c1-9(2)13-6-10-4-5-11(18-10)7-17-12-14-8-16(3)15-12/h8-11,13H,4-7H2,1-3H3. The summed E-state index contributed by atoms with van der Waals surface area (Å²) in [4.78, 5) is 4.02. The van der Waals surface area contributed by atoms with Gasteiger partial charge in [0.05, 0.1) is 12.2 Å². The van der Waals surface area contributed by atoms with Crippen LogP contribution < -0.4 is 10.1 Å². The monoisotopic (exact) mass is 254 g/mol. The van der Waals surface area contributed by atoms with E-state index in [2.05, 4.69) is 29.2 Å². The van der Waals surface area contributed by atoms with Crippen molar-refractivity contribution >= 4 is 0 Å². The van der Waals surface area contributed by atoms with E-state index in [1.165, 1.54) is 0 Å². The van der Waals surface area contributed by atoms with Crippen molar-refractivity contribution in [1.29, 1.82) is 0 Å². The highest BCUT2D eigenvalue weighted by atomic mass is 16.5. The molecular formula is C12H22N4O2. The summed E-state index contributed by atoms with van der Waals surface area (Å²) < 4.78 is 13.0. The van der Waals surface area contributed by atoms with Crippen molar-refractivity contribution in [3.05, 3.63) is 6.33 Å². The van der Waals surface area contributed by atoms with Gasteiger partial charge in [0.1, 0.15) is 12.9 Å². The second-order valence-electron chi connectivity index (χ2n) is 5.03. The van der Waals surface area contributed by atoms with Gasteiger partial charge in [0.15, 0.2) is 0 Å². The van der Waals surface area contributed by atoms with Crippen molar-refractivity contribution in [2.75, 3.05) is 13.2 Å². The van der Waals surface area contributed by atoms with Crippen molar-refractivity contribution in [1.82, 2.24) is 20.1 Å². The van der Waals surface area contributed by atoms with E-state index in [1.807, 2.05) is 7.05 Å². The summed E-state index contributed by atoms with van der Waals surface area (Å²) in [5.41, 5.74) is 0. The molecule has 2 heterocycles. The largest absolute Gasteiger partial charge is 0.460 e. The number of nitrogens with zero attached hydrogens (tertiary/aromatic N) is 3. The Bertz CT molecular complexity index is 367. The van der Waals surface area contributed by atoms with Crippen LogP contribution >= 0.6 is 0 Å². The summed E-state index contributed by atoms with van der Waals surface area (Å²) in [5.74, 6) is 0. The van der Waals surface area contributed by atoms with Gasteiger partial charge in [-0.05, 0) is 12.8 Å². The molecule has 0 saturated carbocycles. The Kier molecular flexibility index (Phi) is 4.54. The number of nitrogens with one attached hydrogen (secondary N) is 1. The van der Waals surface area contributed by atoms with E-state index in [0.29, 0.717) is 24.8 Å². The lowest BCUT2D eigenvalue weighted by Gasteiger charge is -2.15. The second-order valence-corrected chi connectivity index (χ2v) is 5.03. The van der Waals surface area contributed by atoms with E-state index in [9.17, 15) is 0 Å². The second kappa shape index (κ2) is 6.15. The lowest BCUT2D eigenvalue weighted by Crippen LogP contribution is -2.32. The van der Waals surface area contributed by atoms with Gasteiger partial charge < -0.3 is 14.8 Å². The van der Waals surface area contributed by atoms with Gasteiger partial charge >= 0.3 is 6.01 Å². The summed E-state index contributed by atoms with van der Waals surface area (Å²) in [6.07, 6.45) is 4.21. The molecule has 6 heteroatoms. The van der Waals surface area contributed by atoms with Crippen molar-refractivity contribution in [3.63, 3.8) is 0 Å². The quantitative estimate of drug-likeness (QED) is 0.811. The normalized spacial score (nSPS) is 23.8. The molecule has 0 spiro atoms. The van der Waals surface area contributed by atoms with Crippen LogP contribution in [0.4, 0.5) is 0 Å². The maximum atomic E-state index is 5.89. The molecule has 6 nitrogen and oxygen atoms in total. The zero-order chi connectivity index (χ0) is 13.0. The minimum atomic E-state index is 0.160. The zero-order valence-corrected chi connectivity index (χ0v) is 11.3. The highest BCUT2D eigenvalue weighted by molar-refractivity contribution is 4.88. The smallest absolute Gasteiger partial charge is 0.335 e. The summed E-state index contributed by atoms with van der Waals surface area (Å²) >= 11 is 0. The first-order chi connectivity index (χ1) is 8.63. The van der Waals surface area contributed by atoms with Crippen LogP contribution in [0.2, 0.25) is 0 Å². The topological polar surface area (TPSA) is 61.2 Å². The van der Waals surface area contributed by atoms with Crippen LogP contribution in [0, 0.1) is 0 Å². The summed E-state index contributed by atoms with van der Waals surface area (Å²) in [5, 5.41) is 7.46. The predicted octanol–water partition coefficient (Wildman–Crippen LogP) is 0.739. The molecule has 2 rings (SSSR count). The van der Waals surface area contributed by atoms with Crippen molar-refractivity contribution in [3.8, 4) is 6.01 Å². The van der Waals surface area contributed by atoms with Gasteiger partial charge in [-0.3, -0.25) is 4.68 Å². The Hall–Kier alpha value is -1.14. The first kappa shape index (κ1) is 13.3. The average molecular weight is 254 g/mol. The van der Waals surface area contributed by atoms with Gasteiger partial charge in [0.2, 0.25) is 0 Å². The molecule has 1 saturated heterocycles. The lowest BCUT2D eigenvalue weighted by atomic mass is 10.2. The SMILES string of the molecule is CC(C)NCC1CCC(COc2ncn(C)n2)O1. The third kappa shape index (κ3) is 3.96. The van der Waals surface area contributed by atoms with Crippen LogP contribution in [0.1, 0.15) is 26.7 Å². The number of aryl methyl sites for hydroxylation is 1. The van der Waals surface area contributed by atoms with Gasteiger partial charge in [-0.2, -0.15) is 4.98 Å². The Morgan fingerprint density at radius 2 is 2.28 bits per heavy atom. The van der Waals surface area contributed by atoms with E-state index in [-0.39, 0.29) is 6.10 Å². The van der Waals surface area contributed by atoms with Crippen LogP contribution in [0.25, 0.3) is 0 Å². The third-order valence-corrected chi connectivity index (χ3v) is 2.93. The molecule has 1 aliphatic rings. The molecule has 1 fully saturated rings. The summed E-state index contributed by atoms with van der Waals surface area (Å²) in [6, 6.07) is 0.923. The van der Waals surface area contributed by atoms with E-state index in [4.69, 9.17) is 9.47 Å². The van der Waals surface area contributed by atoms with Gasteiger partial charge in [0, 0.05) is 19.6 Å². The van der Waals surface area contributed by atoms with Gasteiger partial charge in [-0.15, -0.1) is 5.10 Å². The molecule has 0 amide bonds. The summed E-state index contributed by atoms with van der Waals surface area (Å²) in [7, 11) is 1.82. The van der Waals surface area contributed by atoms with Crippen molar-refractivity contribution < 1.29 is 9.47 Å². The van der Waals surface area contributed by atoms with Crippen molar-refractivity contribution in [2.45, 2.75) is 44.9 Å². The summed E-state index contributed by atoms with van der Waals surface area (Å²) in [6.45, 7) is 5.72. The molecule has 1 aromatic heterocycles. The van der Waals surface area contributed by atoms with E-state index in [0.717, 1.165) is 19.4 Å². The fourth-order valence-electron chi connectivity index (χ4n) is 1.97. The van der Waals surface area contributed by atoms with Crippen molar-refractivity contribution in [2.24, 2.45) is 7.05 Å². The number of hydrogen-bond acceptors (Lipinski definition) is 5. The molecule has 2 unspecified atom stereocenters. The maximum Gasteiger partial charge on any atom is 0.335 e. The number of hydrogen-bond donors (Lipinski definition) is 1. The highest BCUT2D eigenvalue weighted by Gasteiger charge is 2.25. The van der Waals surface area contributed by atoms with Crippen LogP contribution in [0.3, 0.4) is 0 Å². The van der Waals surface area contributed by atoms with Crippen LogP contribution in [0.15, 0.2) is 6.33 Å². The molecule has 102 valence electrons. The van der Waals surface area contributed by atoms with E-state index >= 15 is 0 Å². The first-order valence-corrected chi connectivity index (χ1v) is 6.50. The molecule has 0 aliphatic carbocycles.